The fourth-order valence-corrected chi connectivity index (χ4v) is 8.70. The molecule has 11 aromatic rings. The Morgan fingerprint density at radius 3 is 1.52 bits per heavy atom. The van der Waals surface area contributed by atoms with E-state index in [1.54, 1.807) is 0 Å². The first-order valence-corrected chi connectivity index (χ1v) is 20.5. The summed E-state index contributed by atoms with van der Waals surface area (Å²) in [5, 5.41) is 7.47. The number of hydrogen-bond donors (Lipinski definition) is 0. The van der Waals surface area contributed by atoms with Crippen LogP contribution in [0.5, 0.6) is 0 Å². The van der Waals surface area contributed by atoms with Gasteiger partial charge in [0.2, 0.25) is 0 Å². The van der Waals surface area contributed by atoms with Crippen LogP contribution in [-0.4, -0.2) is 9.97 Å². The van der Waals surface area contributed by atoms with Gasteiger partial charge in [-0.2, -0.15) is 0 Å². The average Bonchev–Trinajstić information content (AvgIpc) is 3.34. The lowest BCUT2D eigenvalue weighted by molar-refractivity contribution is 1.18. The van der Waals surface area contributed by atoms with Crippen molar-refractivity contribution in [2.75, 3.05) is 0 Å². The number of fused-ring (bicyclic) bond motifs is 4. The predicted molar refractivity (Wildman–Crippen MR) is 253 cm³/mol. The monoisotopic (exact) mass is 762 g/mol. The van der Waals surface area contributed by atoms with E-state index in [2.05, 4.69) is 231 Å². The van der Waals surface area contributed by atoms with Gasteiger partial charge in [0.05, 0.1) is 11.4 Å². The second-order valence-corrected chi connectivity index (χ2v) is 15.3. The first-order chi connectivity index (χ1) is 29.7. The first kappa shape index (κ1) is 35.2. The molecule has 60 heavy (non-hydrogen) atoms. The topological polar surface area (TPSA) is 25.8 Å². The minimum Gasteiger partial charge on any atom is -0.228 e. The summed E-state index contributed by atoms with van der Waals surface area (Å²) in [6, 6.07) is 82.4. The highest BCUT2D eigenvalue weighted by Crippen LogP contribution is 2.41. The number of hydrogen-bond acceptors (Lipinski definition) is 2. The summed E-state index contributed by atoms with van der Waals surface area (Å²) in [7, 11) is 0. The third-order valence-electron chi connectivity index (χ3n) is 11.7. The molecular weight excluding hydrogens is 725 g/mol. The van der Waals surface area contributed by atoms with Crippen molar-refractivity contribution in [3.05, 3.63) is 231 Å². The summed E-state index contributed by atoms with van der Waals surface area (Å²) in [6.45, 7) is 0. The molecule has 0 bridgehead atoms. The van der Waals surface area contributed by atoms with Crippen molar-refractivity contribution >= 4 is 32.3 Å². The van der Waals surface area contributed by atoms with E-state index in [4.69, 9.17) is 9.97 Å². The van der Waals surface area contributed by atoms with Crippen LogP contribution in [0.1, 0.15) is 0 Å². The van der Waals surface area contributed by atoms with Crippen LogP contribution in [-0.2, 0) is 0 Å². The normalized spacial score (nSPS) is 11.3. The van der Waals surface area contributed by atoms with Crippen LogP contribution in [0, 0.1) is 0 Å². The van der Waals surface area contributed by atoms with Gasteiger partial charge in [-0.3, -0.25) is 0 Å². The SMILES string of the molecule is c1ccc(-c2cccc(-c3cc(-c4cc(-c5ccccc5)ccc4-c4ccccc4)nc(-c4ccc(-c5c6ccccc6cc6c5ccc5ccccc56)cc4)n3)c2)cc1. The zero-order valence-corrected chi connectivity index (χ0v) is 32.8. The molecule has 0 N–H and O–H groups in total. The molecule has 0 unspecified atom stereocenters. The zero-order chi connectivity index (χ0) is 39.8. The summed E-state index contributed by atoms with van der Waals surface area (Å²) < 4.78 is 0. The average molecular weight is 763 g/mol. The predicted octanol–water partition coefficient (Wildman–Crippen LogP) is 15.6. The van der Waals surface area contributed by atoms with Crippen molar-refractivity contribution < 1.29 is 0 Å². The quantitative estimate of drug-likeness (QED) is 0.119. The second-order valence-electron chi connectivity index (χ2n) is 15.3. The Morgan fingerprint density at radius 1 is 0.233 bits per heavy atom. The van der Waals surface area contributed by atoms with Gasteiger partial charge in [-0.1, -0.05) is 206 Å². The highest BCUT2D eigenvalue weighted by Gasteiger charge is 2.18. The minimum absolute atomic E-state index is 0.678. The van der Waals surface area contributed by atoms with E-state index in [0.717, 1.165) is 61.5 Å². The van der Waals surface area contributed by atoms with Crippen LogP contribution in [0.3, 0.4) is 0 Å². The van der Waals surface area contributed by atoms with Crippen molar-refractivity contribution in [1.82, 2.24) is 9.97 Å². The molecule has 0 aliphatic heterocycles. The molecule has 0 radical (unpaired) electrons. The molecule has 0 aliphatic carbocycles. The van der Waals surface area contributed by atoms with Gasteiger partial charge < -0.3 is 0 Å². The van der Waals surface area contributed by atoms with E-state index < -0.39 is 0 Å². The van der Waals surface area contributed by atoms with Crippen LogP contribution in [0.25, 0.3) is 111 Å². The van der Waals surface area contributed by atoms with Crippen LogP contribution in [0.2, 0.25) is 0 Å². The maximum Gasteiger partial charge on any atom is 0.160 e. The maximum atomic E-state index is 5.43. The van der Waals surface area contributed by atoms with Crippen LogP contribution < -0.4 is 0 Å². The summed E-state index contributed by atoms with van der Waals surface area (Å²) in [6.07, 6.45) is 0. The van der Waals surface area contributed by atoms with Crippen LogP contribution in [0.15, 0.2) is 231 Å². The molecule has 2 nitrogen and oxygen atoms in total. The van der Waals surface area contributed by atoms with Crippen molar-refractivity contribution in [3.8, 4) is 78.4 Å². The fourth-order valence-electron chi connectivity index (χ4n) is 8.70. The molecule has 1 heterocycles. The van der Waals surface area contributed by atoms with Crippen LogP contribution >= 0.6 is 0 Å². The van der Waals surface area contributed by atoms with E-state index in [1.165, 1.54) is 43.4 Å². The first-order valence-electron chi connectivity index (χ1n) is 20.5. The summed E-state index contributed by atoms with van der Waals surface area (Å²) in [5.74, 6) is 0.678. The van der Waals surface area contributed by atoms with Crippen molar-refractivity contribution in [3.63, 3.8) is 0 Å². The standard InChI is InChI=1S/C58H38N2/c1-4-15-39(16-5-1)45-23-14-24-48(35-45)55-38-56(54-36-46(40-17-6-2-7-18-40)32-33-50(54)41-19-8-3-9-20-41)60-58(59-55)44-29-27-43(28-30-44)57-51-26-13-11-22-47(51)37-53-49-25-12-10-21-42(49)31-34-52(53)57/h1-38H. The van der Waals surface area contributed by atoms with E-state index in [1.807, 2.05) is 0 Å². The number of rotatable bonds is 7. The minimum atomic E-state index is 0.678. The van der Waals surface area contributed by atoms with Gasteiger partial charge in [0.1, 0.15) is 0 Å². The van der Waals surface area contributed by atoms with Crippen molar-refractivity contribution in [2.45, 2.75) is 0 Å². The molecule has 1 aromatic heterocycles. The van der Waals surface area contributed by atoms with E-state index in [0.29, 0.717) is 5.82 Å². The molecule has 280 valence electrons. The van der Waals surface area contributed by atoms with Crippen LogP contribution in [0.4, 0.5) is 0 Å². The number of benzene rings is 10. The fraction of sp³-hybridized carbons (Fsp3) is 0. The Balaban J connectivity index is 1.10. The van der Waals surface area contributed by atoms with E-state index >= 15 is 0 Å². The number of nitrogens with zero attached hydrogens (tertiary/aromatic N) is 2. The van der Waals surface area contributed by atoms with Gasteiger partial charge in [-0.15, -0.1) is 0 Å². The Bertz CT molecular complexity index is 3340. The summed E-state index contributed by atoms with van der Waals surface area (Å²) in [5.41, 5.74) is 14.0. The van der Waals surface area contributed by atoms with E-state index in [9.17, 15) is 0 Å². The molecule has 10 aromatic carbocycles. The third-order valence-corrected chi connectivity index (χ3v) is 11.7. The molecule has 0 aliphatic rings. The number of aromatic nitrogens is 2. The lowest BCUT2D eigenvalue weighted by atomic mass is 9.89. The lowest BCUT2D eigenvalue weighted by Crippen LogP contribution is -1.98. The highest BCUT2D eigenvalue weighted by molar-refractivity contribution is 6.20. The van der Waals surface area contributed by atoms with Gasteiger partial charge in [0, 0.05) is 16.7 Å². The largest absolute Gasteiger partial charge is 0.228 e. The molecule has 11 rings (SSSR count). The summed E-state index contributed by atoms with van der Waals surface area (Å²) in [4.78, 5) is 10.8. The van der Waals surface area contributed by atoms with Gasteiger partial charge in [0.25, 0.3) is 0 Å². The lowest BCUT2D eigenvalue weighted by Gasteiger charge is -2.16. The molecular formula is C58H38N2. The molecule has 0 amide bonds. The smallest absolute Gasteiger partial charge is 0.160 e. The second kappa shape index (κ2) is 15.1. The van der Waals surface area contributed by atoms with Gasteiger partial charge >= 0.3 is 0 Å². The molecule has 0 saturated carbocycles. The van der Waals surface area contributed by atoms with Gasteiger partial charge in [0.15, 0.2) is 5.82 Å². The Labute approximate surface area is 349 Å². The Hall–Kier alpha value is -7.94. The maximum absolute atomic E-state index is 5.43. The molecule has 2 heteroatoms. The molecule has 0 atom stereocenters. The van der Waals surface area contributed by atoms with Crippen molar-refractivity contribution in [1.29, 1.82) is 0 Å². The summed E-state index contributed by atoms with van der Waals surface area (Å²) >= 11 is 0. The zero-order valence-electron chi connectivity index (χ0n) is 32.8. The molecule has 0 fully saturated rings. The van der Waals surface area contributed by atoms with Gasteiger partial charge in [-0.05, 0) is 101 Å². The molecule has 0 spiro atoms. The third kappa shape index (κ3) is 6.51. The van der Waals surface area contributed by atoms with E-state index in [-0.39, 0.29) is 0 Å². The van der Waals surface area contributed by atoms with Gasteiger partial charge in [-0.25, -0.2) is 9.97 Å². The molecule has 0 saturated heterocycles. The highest BCUT2D eigenvalue weighted by atomic mass is 14.9. The Kier molecular flexibility index (Phi) is 8.87. The van der Waals surface area contributed by atoms with Crippen molar-refractivity contribution in [2.24, 2.45) is 0 Å². The Morgan fingerprint density at radius 2 is 0.783 bits per heavy atom.